The van der Waals surface area contributed by atoms with E-state index in [-0.39, 0.29) is 6.42 Å². The smallest absolute Gasteiger partial charge is 0.407 e. The summed E-state index contributed by atoms with van der Waals surface area (Å²) in [6, 6.07) is 16.5. The van der Waals surface area contributed by atoms with Crippen molar-refractivity contribution in [2.24, 2.45) is 0 Å². The van der Waals surface area contributed by atoms with Crippen LogP contribution in [0, 0.1) is 0 Å². The van der Waals surface area contributed by atoms with Crippen LogP contribution in [0.4, 0.5) is 10.5 Å². The summed E-state index contributed by atoms with van der Waals surface area (Å²) >= 11 is 6.77. The first-order valence-corrected chi connectivity index (χ1v) is 14.9. The predicted molar refractivity (Wildman–Crippen MR) is 153 cm³/mol. The topological polar surface area (TPSA) is 132 Å². The van der Waals surface area contributed by atoms with E-state index in [2.05, 4.69) is 15.4 Å². The van der Waals surface area contributed by atoms with Crippen molar-refractivity contribution in [3.05, 3.63) is 93.3 Å². The molecule has 4 rings (SSSR count). The highest BCUT2D eigenvalue weighted by atomic mass is 35.5. The molecule has 3 atom stereocenters. The molecule has 0 radical (unpaired) electrons. The number of carbonyl (C=O) groups is 2. The van der Waals surface area contributed by atoms with Crippen molar-refractivity contribution < 1.29 is 23.1 Å². The molecule has 2 aromatic carbocycles. The molecular formula is C26H24ClN4O5S3-. The second kappa shape index (κ2) is 13.7. The quantitative estimate of drug-likeness (QED) is 0.204. The molecule has 0 aliphatic rings. The van der Waals surface area contributed by atoms with Crippen molar-refractivity contribution >= 4 is 63.2 Å². The summed E-state index contributed by atoms with van der Waals surface area (Å²) in [7, 11) is 1.24. The van der Waals surface area contributed by atoms with E-state index in [1.165, 1.54) is 29.8 Å². The van der Waals surface area contributed by atoms with Crippen LogP contribution in [0.25, 0.3) is 9.88 Å². The molecule has 204 valence electrons. The van der Waals surface area contributed by atoms with Crippen LogP contribution in [0.15, 0.2) is 71.4 Å². The first-order chi connectivity index (χ1) is 18.8. The molecule has 0 saturated heterocycles. The average Bonchev–Trinajstić information content (AvgIpc) is 3.58. The van der Waals surface area contributed by atoms with E-state index in [0.29, 0.717) is 22.8 Å². The molecule has 0 fully saturated rings. The lowest BCUT2D eigenvalue weighted by Gasteiger charge is -2.23. The number of benzene rings is 2. The molecule has 1 unspecified atom stereocenters. The van der Waals surface area contributed by atoms with Gasteiger partial charge in [-0.15, -0.1) is 22.7 Å². The number of halogens is 1. The molecule has 3 N–H and O–H groups in total. The molecule has 13 heteroatoms. The van der Waals surface area contributed by atoms with Gasteiger partial charge in [-0.3, -0.25) is 9.00 Å². The minimum Gasteiger partial charge on any atom is -0.755 e. The van der Waals surface area contributed by atoms with Crippen LogP contribution in [0.1, 0.15) is 22.9 Å². The van der Waals surface area contributed by atoms with Gasteiger partial charge in [0.25, 0.3) is 0 Å². The van der Waals surface area contributed by atoms with E-state index in [1.807, 2.05) is 41.1 Å². The fourth-order valence-corrected chi connectivity index (χ4v) is 6.33. The van der Waals surface area contributed by atoms with Crippen LogP contribution in [-0.4, -0.2) is 38.9 Å². The number of ether oxygens (including phenoxy) is 1. The molecule has 0 spiro atoms. The Kier molecular flexibility index (Phi) is 10.1. The number of nitrogens with one attached hydrogen (secondary N) is 3. The number of anilines is 1. The van der Waals surface area contributed by atoms with E-state index >= 15 is 0 Å². The normalized spacial score (nSPS) is 13.2. The summed E-state index contributed by atoms with van der Waals surface area (Å²) in [4.78, 5) is 31.2. The zero-order valence-electron chi connectivity index (χ0n) is 20.6. The first kappa shape index (κ1) is 28.7. The number of methoxy groups -OCH3 is 1. The fraction of sp³-hybridized carbons (Fsp3) is 0.192. The molecular weight excluding hydrogens is 580 g/mol. The Morgan fingerprint density at radius 3 is 2.38 bits per heavy atom. The molecule has 0 bridgehead atoms. The second-order valence-corrected chi connectivity index (χ2v) is 11.2. The Morgan fingerprint density at radius 1 is 1.03 bits per heavy atom. The zero-order valence-corrected chi connectivity index (χ0v) is 23.8. The third-order valence-electron chi connectivity index (χ3n) is 5.68. The lowest BCUT2D eigenvalue weighted by atomic mass is 10.0. The minimum atomic E-state index is -2.43. The highest BCUT2D eigenvalue weighted by Gasteiger charge is 2.26. The van der Waals surface area contributed by atoms with Gasteiger partial charge in [0.05, 0.1) is 28.7 Å². The van der Waals surface area contributed by atoms with Gasteiger partial charge in [0, 0.05) is 28.8 Å². The second-order valence-electron chi connectivity index (χ2n) is 8.35. The maximum absolute atomic E-state index is 13.5. The van der Waals surface area contributed by atoms with Crippen LogP contribution < -0.4 is 15.4 Å². The van der Waals surface area contributed by atoms with Gasteiger partial charge < -0.3 is 24.6 Å². The van der Waals surface area contributed by atoms with E-state index in [1.54, 1.807) is 30.3 Å². The van der Waals surface area contributed by atoms with Gasteiger partial charge in [-0.25, -0.2) is 9.78 Å². The number of rotatable bonds is 11. The SMILES string of the molecule is COC(=O)N[C@@H](Cc1ccccc1)C(=O)N[C@@H](Cc1ccc(NS(=O)[O-])cc1)c1csc(-c2sccc2Cl)n1. The summed E-state index contributed by atoms with van der Waals surface area (Å²) < 4.78 is 28.9. The van der Waals surface area contributed by atoms with E-state index in [4.69, 9.17) is 21.3 Å². The number of alkyl carbamates (subject to hydrolysis) is 1. The van der Waals surface area contributed by atoms with Gasteiger partial charge in [0.1, 0.15) is 11.0 Å². The number of thiophene rings is 1. The Hall–Kier alpha value is -3.29. The summed E-state index contributed by atoms with van der Waals surface area (Å²) in [5.74, 6) is -0.405. The summed E-state index contributed by atoms with van der Waals surface area (Å²) in [6.45, 7) is 0. The van der Waals surface area contributed by atoms with Crippen molar-refractivity contribution in [1.82, 2.24) is 15.6 Å². The standard InChI is InChI=1S/C26H25ClN4O5S3/c1-36-26(33)30-21(14-16-5-3-2-4-6-16)24(32)28-20(13-17-7-9-18(10-8-17)31-39(34)35)22-15-38-25(29-22)23-19(27)11-12-37-23/h2-12,15,20-21,31H,13-14H2,1H3,(H,28,32)(H,30,33)(H,34,35)/p-1/t20-,21-/m0/s1. The summed E-state index contributed by atoms with van der Waals surface area (Å²) in [5.41, 5.74) is 2.76. The third-order valence-corrected chi connectivity index (χ3v) is 8.44. The maximum Gasteiger partial charge on any atom is 0.407 e. The Balaban J connectivity index is 1.60. The fourth-order valence-electron chi connectivity index (χ4n) is 3.80. The summed E-state index contributed by atoms with van der Waals surface area (Å²) in [5, 5.41) is 10.8. The van der Waals surface area contributed by atoms with Gasteiger partial charge in [-0.2, -0.15) is 0 Å². The number of hydrogen-bond donors (Lipinski definition) is 3. The Bertz CT molecular complexity index is 1430. The molecule has 0 saturated carbocycles. The highest BCUT2D eigenvalue weighted by molar-refractivity contribution is 7.80. The molecule has 2 aromatic heterocycles. The van der Waals surface area contributed by atoms with Crippen molar-refractivity contribution in [2.45, 2.75) is 24.9 Å². The van der Waals surface area contributed by atoms with E-state index in [9.17, 15) is 18.4 Å². The third kappa shape index (κ3) is 8.10. The molecule has 39 heavy (non-hydrogen) atoms. The molecule has 0 aliphatic heterocycles. The predicted octanol–water partition coefficient (Wildman–Crippen LogP) is 5.10. The monoisotopic (exact) mass is 603 g/mol. The van der Waals surface area contributed by atoms with Gasteiger partial charge in [-0.1, -0.05) is 54.1 Å². The maximum atomic E-state index is 13.5. The highest BCUT2D eigenvalue weighted by Crippen LogP contribution is 2.36. The van der Waals surface area contributed by atoms with Crippen molar-refractivity contribution in [1.29, 1.82) is 0 Å². The lowest BCUT2D eigenvalue weighted by Crippen LogP contribution is -2.49. The number of amides is 2. The summed E-state index contributed by atoms with van der Waals surface area (Å²) in [6.07, 6.45) is -0.0944. The zero-order chi connectivity index (χ0) is 27.8. The van der Waals surface area contributed by atoms with Crippen LogP contribution in [0.2, 0.25) is 5.02 Å². The molecule has 0 aliphatic carbocycles. The molecule has 9 nitrogen and oxygen atoms in total. The first-order valence-electron chi connectivity index (χ1n) is 11.6. The molecule has 2 amide bonds. The number of thiazole rings is 1. The van der Waals surface area contributed by atoms with Crippen LogP contribution in [0.3, 0.4) is 0 Å². The van der Waals surface area contributed by atoms with Crippen LogP contribution in [0.5, 0.6) is 0 Å². The lowest BCUT2D eigenvalue weighted by molar-refractivity contribution is -0.123. The van der Waals surface area contributed by atoms with Crippen LogP contribution in [-0.2, 0) is 33.6 Å². The van der Waals surface area contributed by atoms with Gasteiger partial charge >= 0.3 is 6.09 Å². The Labute approximate surface area is 241 Å². The van der Waals surface area contributed by atoms with E-state index in [0.717, 1.165) is 21.0 Å². The minimum absolute atomic E-state index is 0.258. The number of carbonyl (C=O) groups excluding carboxylic acids is 2. The van der Waals surface area contributed by atoms with Crippen molar-refractivity contribution in [3.63, 3.8) is 0 Å². The van der Waals surface area contributed by atoms with Gasteiger partial charge in [-0.05, 0) is 41.1 Å². The van der Waals surface area contributed by atoms with Crippen LogP contribution >= 0.6 is 34.3 Å². The van der Waals surface area contributed by atoms with Gasteiger partial charge in [0.15, 0.2) is 0 Å². The Morgan fingerprint density at radius 2 is 1.74 bits per heavy atom. The van der Waals surface area contributed by atoms with E-state index < -0.39 is 35.4 Å². The largest absolute Gasteiger partial charge is 0.755 e. The van der Waals surface area contributed by atoms with Crippen molar-refractivity contribution in [3.8, 4) is 9.88 Å². The number of nitrogens with zero attached hydrogens (tertiary/aromatic N) is 1. The van der Waals surface area contributed by atoms with Crippen molar-refractivity contribution in [2.75, 3.05) is 11.8 Å². The number of hydrogen-bond acceptors (Lipinski definition) is 8. The van der Waals surface area contributed by atoms with Gasteiger partial charge in [0.2, 0.25) is 5.91 Å². The molecule has 4 aromatic rings. The molecule has 2 heterocycles. The number of aromatic nitrogens is 1. The average molecular weight is 604 g/mol.